The van der Waals surface area contributed by atoms with E-state index < -0.39 is 82.5 Å². The minimum Gasteiger partial charge on any atom is -0.381 e. The van der Waals surface area contributed by atoms with E-state index in [0.29, 0.717) is 24.8 Å². The number of carbonyl (C=O) groups is 7. The number of aliphatic hydroxyl groups is 1. The molecule has 1 aromatic rings. The van der Waals surface area contributed by atoms with E-state index in [2.05, 4.69) is 26.6 Å². The number of hydrogen-bond acceptors (Lipinski definition) is 9. The average molecular weight is 790 g/mol. The number of amides is 7. The Morgan fingerprint density at radius 2 is 1.25 bits per heavy atom. The maximum absolute atomic E-state index is 14.3. The number of primary amides is 1. The molecule has 10 atom stereocenters. The second kappa shape index (κ2) is 21.2. The molecular formula is C39H63N7O8S. The fraction of sp³-hybridized carbons (Fsp3) is 0.667. The molecule has 1 heterocycles. The topological polar surface area (TPSA) is 229 Å². The number of thioether (sulfide) groups is 1. The van der Waals surface area contributed by atoms with Crippen molar-refractivity contribution in [3.05, 3.63) is 35.9 Å². The van der Waals surface area contributed by atoms with Crippen LogP contribution in [0.1, 0.15) is 94.1 Å². The predicted molar refractivity (Wildman–Crippen MR) is 212 cm³/mol. The largest absolute Gasteiger partial charge is 0.381 e. The Kier molecular flexibility index (Phi) is 18.1. The zero-order valence-electron chi connectivity index (χ0n) is 33.9. The van der Waals surface area contributed by atoms with Gasteiger partial charge in [0.1, 0.15) is 30.2 Å². The van der Waals surface area contributed by atoms with Crippen molar-refractivity contribution in [3.63, 3.8) is 0 Å². The standard InChI is InChI=1S/C39H63N7O8S/c1-11-21(4)28(42-25(8)47)36(52)44-30(23(6)13-3)35(51)43-27(19-26-17-15-14-16-18-26)31(48)38(54)46-20-55-39(9,10)32(46)37(53)45-29(22(5)12-2)34(50)41-24(7)33(40)49/h14-18,21-24,27-32,48H,11-13,19-20H2,1-10H3,(H2,40,49)(H,41,50)(H,42,47)(H,43,51)(H,44,52)(H,45,53)/t21-,22-,23-,24-,27-,28-,29-,30-,31-,32-/m0/s1. The van der Waals surface area contributed by atoms with Gasteiger partial charge in [-0.05, 0) is 50.5 Å². The fourth-order valence-electron chi connectivity index (χ4n) is 6.31. The minimum absolute atomic E-state index is 0.0393. The highest BCUT2D eigenvalue weighted by molar-refractivity contribution is 8.00. The summed E-state index contributed by atoms with van der Waals surface area (Å²) < 4.78 is -0.847. The van der Waals surface area contributed by atoms with Crippen LogP contribution >= 0.6 is 11.8 Å². The maximum atomic E-state index is 14.3. The lowest BCUT2D eigenvalue weighted by Crippen LogP contribution is -2.63. The fourth-order valence-corrected chi connectivity index (χ4v) is 7.45. The van der Waals surface area contributed by atoms with Crippen LogP contribution < -0.4 is 32.3 Å². The van der Waals surface area contributed by atoms with Crippen molar-refractivity contribution >= 4 is 53.1 Å². The van der Waals surface area contributed by atoms with Crippen molar-refractivity contribution in [2.75, 3.05) is 5.88 Å². The van der Waals surface area contributed by atoms with Gasteiger partial charge in [0, 0.05) is 11.7 Å². The first kappa shape index (κ1) is 47.0. The zero-order chi connectivity index (χ0) is 41.8. The molecule has 0 saturated carbocycles. The molecule has 2 rings (SSSR count). The van der Waals surface area contributed by atoms with Gasteiger partial charge in [-0.1, -0.05) is 91.1 Å². The number of nitrogens with one attached hydrogen (secondary N) is 5. The molecule has 0 unspecified atom stereocenters. The van der Waals surface area contributed by atoms with Crippen molar-refractivity contribution in [1.29, 1.82) is 0 Å². The third-order valence-electron chi connectivity index (χ3n) is 10.6. The van der Waals surface area contributed by atoms with E-state index in [1.165, 1.54) is 30.5 Å². The van der Waals surface area contributed by atoms with E-state index in [1.807, 2.05) is 33.8 Å². The SMILES string of the molecule is CC[C@H](C)[C@H](NC(C)=O)C(=O)N[C@H](C(=O)N[C@@H](Cc1ccccc1)[C@H](O)C(=O)N1CSC(C)(C)[C@@H]1C(=O)N[C@H](C(=O)N[C@@H](C)C(N)=O)[C@@H](C)CC)[C@@H](C)CC. The Morgan fingerprint density at radius 3 is 1.75 bits per heavy atom. The van der Waals surface area contributed by atoms with Gasteiger partial charge in [0.25, 0.3) is 5.91 Å². The van der Waals surface area contributed by atoms with Crippen LogP contribution in [0.15, 0.2) is 30.3 Å². The summed E-state index contributed by atoms with van der Waals surface area (Å²) in [4.78, 5) is 94.1. The quantitative estimate of drug-likeness (QED) is 0.101. The molecule has 0 radical (unpaired) electrons. The first-order valence-corrected chi connectivity index (χ1v) is 20.1. The molecule has 1 fully saturated rings. The van der Waals surface area contributed by atoms with Crippen LogP contribution in [0.5, 0.6) is 0 Å². The molecule has 1 saturated heterocycles. The molecular weight excluding hydrogens is 727 g/mol. The van der Waals surface area contributed by atoms with E-state index in [4.69, 9.17) is 5.73 Å². The molecule has 8 N–H and O–H groups in total. The summed E-state index contributed by atoms with van der Waals surface area (Å²) >= 11 is 1.32. The predicted octanol–water partition coefficient (Wildman–Crippen LogP) is 1.36. The van der Waals surface area contributed by atoms with Gasteiger partial charge in [-0.15, -0.1) is 11.8 Å². The number of hydrogen-bond donors (Lipinski definition) is 7. The molecule has 1 aliphatic heterocycles. The molecule has 1 aliphatic rings. The number of rotatable bonds is 20. The molecule has 1 aromatic carbocycles. The van der Waals surface area contributed by atoms with Gasteiger partial charge in [0.05, 0.1) is 11.9 Å². The summed E-state index contributed by atoms with van der Waals surface area (Å²) in [5, 5.41) is 25.5. The molecule has 0 bridgehead atoms. The molecule has 15 nitrogen and oxygen atoms in total. The highest BCUT2D eigenvalue weighted by atomic mass is 32.2. The van der Waals surface area contributed by atoms with Crippen LogP contribution in [-0.4, -0.2) is 104 Å². The van der Waals surface area contributed by atoms with Crippen molar-refractivity contribution < 1.29 is 38.7 Å². The smallest absolute Gasteiger partial charge is 0.254 e. The van der Waals surface area contributed by atoms with E-state index in [1.54, 1.807) is 52.0 Å². The Bertz CT molecular complexity index is 1510. The van der Waals surface area contributed by atoms with Crippen molar-refractivity contribution in [2.45, 2.75) is 142 Å². The number of carbonyl (C=O) groups excluding carboxylic acids is 7. The Balaban J connectivity index is 2.46. The summed E-state index contributed by atoms with van der Waals surface area (Å²) in [5.74, 6) is -5.21. The Labute approximate surface area is 329 Å². The van der Waals surface area contributed by atoms with Gasteiger partial charge in [-0.25, -0.2) is 0 Å². The highest BCUT2D eigenvalue weighted by Gasteiger charge is 2.51. The van der Waals surface area contributed by atoms with Crippen LogP contribution in [0.2, 0.25) is 0 Å². The van der Waals surface area contributed by atoms with Gasteiger partial charge in [-0.3, -0.25) is 33.6 Å². The van der Waals surface area contributed by atoms with Crippen LogP contribution in [0.4, 0.5) is 0 Å². The lowest BCUT2D eigenvalue weighted by molar-refractivity contribution is -0.148. The van der Waals surface area contributed by atoms with E-state index in [0.717, 1.165) is 0 Å². The third kappa shape index (κ3) is 12.9. The van der Waals surface area contributed by atoms with Crippen LogP contribution in [0, 0.1) is 17.8 Å². The second-order valence-electron chi connectivity index (χ2n) is 15.3. The third-order valence-corrected chi connectivity index (χ3v) is 11.9. The van der Waals surface area contributed by atoms with Crippen LogP contribution in [-0.2, 0) is 40.0 Å². The Hall–Kier alpha value is -4.18. The molecule has 0 aliphatic carbocycles. The first-order chi connectivity index (χ1) is 25.7. The average Bonchev–Trinajstić information content (AvgIpc) is 3.47. The molecule has 16 heteroatoms. The van der Waals surface area contributed by atoms with Crippen LogP contribution in [0.3, 0.4) is 0 Å². The minimum atomic E-state index is -1.82. The number of nitrogens with two attached hydrogens (primary N) is 1. The van der Waals surface area contributed by atoms with Gasteiger partial charge in [0.2, 0.25) is 35.4 Å². The first-order valence-electron chi connectivity index (χ1n) is 19.1. The number of benzene rings is 1. The van der Waals surface area contributed by atoms with Gasteiger partial charge in [0.15, 0.2) is 6.10 Å². The van der Waals surface area contributed by atoms with Crippen molar-refractivity contribution in [2.24, 2.45) is 23.5 Å². The zero-order valence-corrected chi connectivity index (χ0v) is 34.8. The molecule has 0 aromatic heterocycles. The number of nitrogens with zero attached hydrogens (tertiary/aromatic N) is 1. The van der Waals surface area contributed by atoms with Gasteiger partial charge in [-0.2, -0.15) is 0 Å². The second-order valence-corrected chi connectivity index (χ2v) is 16.9. The van der Waals surface area contributed by atoms with Crippen LogP contribution in [0.25, 0.3) is 0 Å². The summed E-state index contributed by atoms with van der Waals surface area (Å²) in [7, 11) is 0. The normalized spacial score (nSPS) is 19.9. The van der Waals surface area contributed by atoms with Gasteiger partial charge < -0.3 is 42.3 Å². The summed E-state index contributed by atoms with van der Waals surface area (Å²) in [6.45, 7) is 17.3. The Morgan fingerprint density at radius 1 is 0.782 bits per heavy atom. The summed E-state index contributed by atoms with van der Waals surface area (Å²) in [5.41, 5.74) is 6.06. The van der Waals surface area contributed by atoms with Crippen molar-refractivity contribution in [1.82, 2.24) is 31.5 Å². The summed E-state index contributed by atoms with van der Waals surface area (Å²) in [6.07, 6.45) is -0.170. The monoisotopic (exact) mass is 789 g/mol. The lowest BCUT2D eigenvalue weighted by atomic mass is 9.93. The van der Waals surface area contributed by atoms with Gasteiger partial charge >= 0.3 is 0 Å². The van der Waals surface area contributed by atoms with E-state index in [-0.39, 0.29) is 36.0 Å². The molecule has 0 spiro atoms. The van der Waals surface area contributed by atoms with Crippen molar-refractivity contribution in [3.8, 4) is 0 Å². The van der Waals surface area contributed by atoms with E-state index >= 15 is 0 Å². The van der Waals surface area contributed by atoms with E-state index in [9.17, 15) is 38.7 Å². The molecule has 308 valence electrons. The summed E-state index contributed by atoms with van der Waals surface area (Å²) in [6, 6.07) is 2.67. The number of aliphatic hydroxyl groups excluding tert-OH is 1. The highest BCUT2D eigenvalue weighted by Crippen LogP contribution is 2.40. The lowest BCUT2D eigenvalue weighted by Gasteiger charge is -2.35. The maximum Gasteiger partial charge on any atom is 0.254 e. The molecule has 7 amide bonds. The molecule has 55 heavy (non-hydrogen) atoms.